The van der Waals surface area contributed by atoms with Crippen molar-refractivity contribution >= 4 is 79.7 Å². The summed E-state index contributed by atoms with van der Waals surface area (Å²) in [6, 6.07) is 3.12. The fourth-order valence-corrected chi connectivity index (χ4v) is 4.30. The Balaban J connectivity index is 0.000000202. The van der Waals surface area contributed by atoms with E-state index in [0.717, 1.165) is 11.3 Å². The van der Waals surface area contributed by atoms with Crippen molar-refractivity contribution in [3.8, 4) is 0 Å². The number of anilines is 4. The molecule has 16 heteroatoms. The number of aromatic carboxylic acids is 1. The molecule has 4 aromatic rings. The average Bonchev–Trinajstić information content (AvgIpc) is 3.43. The van der Waals surface area contributed by atoms with Crippen molar-refractivity contribution in [3.63, 3.8) is 0 Å². The SMILES string of the molecule is CCOC(=O)c1cnc(Nc2cc(Cl)nc(C)n2)s1.Cc1nc(Cl)cc(Nc2ncc(C(=O)O)s2)n1. The molecule has 4 rings (SSSR count). The van der Waals surface area contributed by atoms with Crippen LogP contribution in [0.25, 0.3) is 0 Å². The van der Waals surface area contributed by atoms with Gasteiger partial charge in [0.25, 0.3) is 0 Å². The molecule has 0 saturated heterocycles. The molecule has 0 aliphatic carbocycles. The van der Waals surface area contributed by atoms with Crippen molar-refractivity contribution in [3.05, 3.63) is 56.2 Å². The van der Waals surface area contributed by atoms with Crippen LogP contribution in [0.5, 0.6) is 0 Å². The van der Waals surface area contributed by atoms with Crippen molar-refractivity contribution in [2.45, 2.75) is 20.8 Å². The number of esters is 1. The molecule has 36 heavy (non-hydrogen) atoms. The summed E-state index contributed by atoms with van der Waals surface area (Å²) in [7, 11) is 0. The number of aryl methyl sites for hydroxylation is 2. The lowest BCUT2D eigenvalue weighted by molar-refractivity contribution is 0.0531. The Morgan fingerprint density at radius 1 is 0.889 bits per heavy atom. The van der Waals surface area contributed by atoms with E-state index in [1.807, 2.05) is 0 Å². The van der Waals surface area contributed by atoms with Gasteiger partial charge in [-0.3, -0.25) is 0 Å². The number of halogens is 2. The number of carboxylic acid groups (broad SMARTS) is 1. The van der Waals surface area contributed by atoms with Gasteiger partial charge < -0.3 is 20.5 Å². The second-order valence-electron chi connectivity index (χ2n) is 6.58. The second kappa shape index (κ2) is 12.5. The summed E-state index contributed by atoms with van der Waals surface area (Å²) >= 11 is 13.8. The van der Waals surface area contributed by atoms with Crippen LogP contribution in [0.4, 0.5) is 21.9 Å². The first-order valence-corrected chi connectivity index (χ1v) is 12.4. The number of ether oxygens (including phenoxy) is 1. The quantitative estimate of drug-likeness (QED) is 0.198. The maximum Gasteiger partial charge on any atom is 0.350 e. The lowest BCUT2D eigenvalue weighted by atomic mass is 10.5. The zero-order valence-corrected chi connectivity index (χ0v) is 22.1. The van der Waals surface area contributed by atoms with E-state index in [4.69, 9.17) is 33.0 Å². The largest absolute Gasteiger partial charge is 0.477 e. The monoisotopic (exact) mass is 568 g/mol. The van der Waals surface area contributed by atoms with E-state index < -0.39 is 5.97 Å². The summed E-state index contributed by atoms with van der Waals surface area (Å²) in [5.41, 5.74) is 0. The van der Waals surface area contributed by atoms with Gasteiger partial charge in [0, 0.05) is 12.1 Å². The summed E-state index contributed by atoms with van der Waals surface area (Å²) in [4.78, 5) is 46.9. The number of nitrogens with one attached hydrogen (secondary N) is 2. The maximum absolute atomic E-state index is 11.5. The number of rotatable bonds is 7. The van der Waals surface area contributed by atoms with Crippen LogP contribution in [-0.2, 0) is 4.74 Å². The zero-order chi connectivity index (χ0) is 26.2. The highest BCUT2D eigenvalue weighted by molar-refractivity contribution is 7.17. The molecule has 0 spiro atoms. The molecule has 12 nitrogen and oxygen atoms in total. The third kappa shape index (κ3) is 8.05. The van der Waals surface area contributed by atoms with Crippen LogP contribution < -0.4 is 10.6 Å². The third-order valence-corrected chi connectivity index (χ3v) is 5.96. The maximum atomic E-state index is 11.5. The fraction of sp³-hybridized carbons (Fsp3) is 0.200. The first-order chi connectivity index (χ1) is 17.1. The average molecular weight is 569 g/mol. The number of hydrogen-bond acceptors (Lipinski definition) is 13. The van der Waals surface area contributed by atoms with Gasteiger partial charge in [-0.25, -0.2) is 39.5 Å². The Hall–Kier alpha value is -3.46. The number of nitrogens with zero attached hydrogens (tertiary/aromatic N) is 6. The molecule has 0 saturated carbocycles. The summed E-state index contributed by atoms with van der Waals surface area (Å²) in [5, 5.41) is 16.2. The summed E-state index contributed by atoms with van der Waals surface area (Å²) < 4.78 is 4.89. The summed E-state index contributed by atoms with van der Waals surface area (Å²) in [5.74, 6) is 0.695. The van der Waals surface area contributed by atoms with Crippen molar-refractivity contribution in [1.82, 2.24) is 29.9 Å². The highest BCUT2D eigenvalue weighted by Gasteiger charge is 2.12. The van der Waals surface area contributed by atoms with Crippen molar-refractivity contribution in [2.75, 3.05) is 17.2 Å². The Kier molecular flexibility index (Phi) is 9.41. The molecule has 188 valence electrons. The first-order valence-electron chi connectivity index (χ1n) is 10.0. The highest BCUT2D eigenvalue weighted by atomic mass is 35.5. The van der Waals surface area contributed by atoms with Gasteiger partial charge in [0.2, 0.25) is 0 Å². The summed E-state index contributed by atoms with van der Waals surface area (Å²) in [6.45, 7) is 5.54. The molecule has 0 bridgehead atoms. The lowest BCUT2D eigenvalue weighted by Gasteiger charge is -2.02. The van der Waals surface area contributed by atoms with Crippen molar-refractivity contribution in [1.29, 1.82) is 0 Å². The van der Waals surface area contributed by atoms with Crippen LogP contribution in [0.3, 0.4) is 0 Å². The van der Waals surface area contributed by atoms with Crippen LogP contribution in [0.15, 0.2) is 24.5 Å². The van der Waals surface area contributed by atoms with Crippen molar-refractivity contribution < 1.29 is 19.4 Å². The van der Waals surface area contributed by atoms with Gasteiger partial charge in [-0.15, -0.1) is 0 Å². The molecule has 0 fully saturated rings. The number of carboxylic acids is 1. The van der Waals surface area contributed by atoms with Crippen LogP contribution in [0, 0.1) is 13.8 Å². The van der Waals surface area contributed by atoms with E-state index in [1.54, 1.807) is 26.8 Å². The van der Waals surface area contributed by atoms with Crippen LogP contribution >= 0.6 is 45.9 Å². The molecule has 4 heterocycles. The van der Waals surface area contributed by atoms with Crippen molar-refractivity contribution in [2.24, 2.45) is 0 Å². The summed E-state index contributed by atoms with van der Waals surface area (Å²) in [6.07, 6.45) is 2.74. The highest BCUT2D eigenvalue weighted by Crippen LogP contribution is 2.24. The molecular weight excluding hydrogens is 551 g/mol. The molecular formula is C20H18Cl2N8O4S2. The molecule has 0 atom stereocenters. The zero-order valence-electron chi connectivity index (χ0n) is 18.9. The Morgan fingerprint density at radius 2 is 1.36 bits per heavy atom. The van der Waals surface area contributed by atoms with Crippen LogP contribution in [-0.4, -0.2) is 53.6 Å². The predicted octanol–water partition coefficient (Wildman–Crippen LogP) is 5.15. The van der Waals surface area contributed by atoms with Gasteiger partial charge in [0.1, 0.15) is 43.3 Å². The van der Waals surface area contributed by atoms with Gasteiger partial charge in [-0.2, -0.15) is 0 Å². The molecule has 3 N–H and O–H groups in total. The topological polar surface area (TPSA) is 165 Å². The number of hydrogen-bond donors (Lipinski definition) is 3. The first kappa shape index (κ1) is 27.1. The van der Waals surface area contributed by atoms with E-state index in [-0.39, 0.29) is 10.8 Å². The van der Waals surface area contributed by atoms with Crippen LogP contribution in [0.1, 0.15) is 37.9 Å². The predicted molar refractivity (Wildman–Crippen MR) is 137 cm³/mol. The van der Waals surface area contributed by atoms with Gasteiger partial charge in [0.15, 0.2) is 10.3 Å². The Morgan fingerprint density at radius 3 is 1.78 bits per heavy atom. The molecule has 4 aromatic heterocycles. The van der Waals surface area contributed by atoms with E-state index in [9.17, 15) is 9.59 Å². The standard InChI is InChI=1S/C11H11ClN4O2S.C9H7ClN4O2S/c1-3-18-10(17)7-5-13-11(19-7)16-9-4-8(12)14-6(2)15-9;1-4-12-6(10)2-7(13-4)14-9-11-3-5(17-9)8(15)16/h4-5H,3H2,1-2H3,(H,13,14,15,16);2-3H,1H3,(H,15,16)(H,11,12,13,14). The number of carbonyl (C=O) groups is 2. The third-order valence-electron chi connectivity index (χ3n) is 3.78. The Bertz CT molecular complexity index is 1340. The van der Waals surface area contributed by atoms with Crippen LogP contribution in [0.2, 0.25) is 10.3 Å². The molecule has 0 aliphatic rings. The number of thiazole rings is 2. The Labute approximate surface area is 222 Å². The minimum atomic E-state index is -1.01. The number of aromatic nitrogens is 6. The van der Waals surface area contributed by atoms with E-state index >= 15 is 0 Å². The van der Waals surface area contributed by atoms with Gasteiger partial charge in [-0.1, -0.05) is 45.9 Å². The molecule has 0 radical (unpaired) electrons. The lowest BCUT2D eigenvalue weighted by Crippen LogP contribution is -2.01. The van der Waals surface area contributed by atoms with E-state index in [1.165, 1.54) is 29.8 Å². The minimum Gasteiger partial charge on any atom is -0.477 e. The van der Waals surface area contributed by atoms with Gasteiger partial charge in [0.05, 0.1) is 19.0 Å². The van der Waals surface area contributed by atoms with E-state index in [0.29, 0.717) is 55.3 Å². The van der Waals surface area contributed by atoms with Gasteiger partial charge >= 0.3 is 11.9 Å². The fourth-order valence-electron chi connectivity index (χ4n) is 2.47. The molecule has 0 amide bonds. The number of carbonyl (C=O) groups excluding carboxylic acids is 1. The smallest absolute Gasteiger partial charge is 0.350 e. The second-order valence-corrected chi connectivity index (χ2v) is 9.42. The molecule has 0 aliphatic heterocycles. The molecule has 0 unspecified atom stereocenters. The van der Waals surface area contributed by atoms with Gasteiger partial charge in [-0.05, 0) is 20.8 Å². The minimum absolute atomic E-state index is 0.157. The molecule has 0 aromatic carbocycles. The van der Waals surface area contributed by atoms with E-state index in [2.05, 4.69) is 40.5 Å². The normalized spacial score (nSPS) is 10.2.